The van der Waals surface area contributed by atoms with Gasteiger partial charge in [0.25, 0.3) is 0 Å². The van der Waals surface area contributed by atoms with E-state index >= 15 is 0 Å². The molecule has 332 valence electrons. The van der Waals surface area contributed by atoms with E-state index < -0.39 is 5.91 Å². The number of piperidine rings is 2. The van der Waals surface area contributed by atoms with Crippen molar-refractivity contribution in [2.24, 2.45) is 0 Å². The topological polar surface area (TPSA) is 176 Å². The zero-order valence-electron chi connectivity index (χ0n) is 36.3. The van der Waals surface area contributed by atoms with Crippen LogP contribution in [0.5, 0.6) is 23.0 Å². The van der Waals surface area contributed by atoms with Crippen molar-refractivity contribution in [2.45, 2.75) is 37.8 Å². The van der Waals surface area contributed by atoms with Crippen molar-refractivity contribution in [3.63, 3.8) is 0 Å². The second-order valence-electron chi connectivity index (χ2n) is 16.1. The van der Waals surface area contributed by atoms with Crippen LogP contribution < -0.4 is 20.5 Å². The van der Waals surface area contributed by atoms with E-state index in [1.54, 1.807) is 9.80 Å². The van der Waals surface area contributed by atoms with Crippen LogP contribution in [0.4, 0.5) is 11.6 Å². The van der Waals surface area contributed by atoms with Crippen molar-refractivity contribution in [3.05, 3.63) is 147 Å². The molecule has 5 heterocycles. The molecule has 2 fully saturated rings. The summed E-state index contributed by atoms with van der Waals surface area (Å²) in [7, 11) is 0. The van der Waals surface area contributed by atoms with Crippen LogP contribution in [-0.4, -0.2) is 83.2 Å². The van der Waals surface area contributed by atoms with E-state index in [1.807, 2.05) is 119 Å². The first-order chi connectivity index (χ1) is 32.2. The molecule has 7 aromatic rings. The third-order valence-electron chi connectivity index (χ3n) is 11.8. The fourth-order valence-corrected chi connectivity index (χ4v) is 8.65. The van der Waals surface area contributed by atoms with Gasteiger partial charge in [-0.3, -0.25) is 19.1 Å². The number of aromatic nitrogens is 6. The molecule has 0 unspecified atom stereocenters. The summed E-state index contributed by atoms with van der Waals surface area (Å²) in [5, 5.41) is 13.7. The number of anilines is 2. The number of nitrogen functional groups attached to an aromatic ring is 1. The van der Waals surface area contributed by atoms with Gasteiger partial charge in [-0.2, -0.15) is 10.2 Å². The Labute approximate surface area is 381 Å². The first-order valence-corrected chi connectivity index (χ1v) is 21.8. The predicted octanol–water partition coefficient (Wildman–Crippen LogP) is 9.01. The maximum absolute atomic E-state index is 13.2. The van der Waals surface area contributed by atoms with Crippen molar-refractivity contribution in [1.29, 1.82) is 0 Å². The van der Waals surface area contributed by atoms with Crippen LogP contribution in [0, 0.1) is 0 Å². The molecule has 0 spiro atoms. The van der Waals surface area contributed by atoms with Crippen molar-refractivity contribution in [3.8, 4) is 56.9 Å². The van der Waals surface area contributed by atoms with Crippen molar-refractivity contribution < 1.29 is 23.9 Å². The number of benzene rings is 4. The summed E-state index contributed by atoms with van der Waals surface area (Å²) in [4.78, 5) is 53.0. The van der Waals surface area contributed by atoms with Gasteiger partial charge in [0.1, 0.15) is 34.5 Å². The highest BCUT2D eigenvalue weighted by Gasteiger charge is 2.34. The number of fused-ring (bicyclic) bond motifs is 1. The summed E-state index contributed by atoms with van der Waals surface area (Å²) in [6.07, 6.45) is 6.64. The molecule has 66 heavy (non-hydrogen) atoms. The molecule has 0 radical (unpaired) electrons. The van der Waals surface area contributed by atoms with Gasteiger partial charge in [-0.1, -0.05) is 56.1 Å². The van der Waals surface area contributed by atoms with E-state index in [-0.39, 0.29) is 41.4 Å². The number of carbonyl (C=O) groups is 3. The number of nitrogens with two attached hydrogens (primary N) is 1. The number of hydrogen-bond acceptors (Lipinski definition) is 10. The molecule has 2 saturated heterocycles. The molecule has 2 aliphatic heterocycles. The van der Waals surface area contributed by atoms with Crippen LogP contribution in [0.15, 0.2) is 147 Å². The molecular weight excluding hydrogens is 833 g/mol. The highest BCUT2D eigenvalue weighted by Crippen LogP contribution is 2.43. The predicted molar refractivity (Wildman–Crippen MR) is 254 cm³/mol. The molecule has 3 N–H and O–H groups in total. The zero-order valence-corrected chi connectivity index (χ0v) is 36.3. The van der Waals surface area contributed by atoms with E-state index in [0.29, 0.717) is 102 Å². The Kier molecular flexibility index (Phi) is 12.2. The minimum absolute atomic E-state index is 0.141. The van der Waals surface area contributed by atoms with Crippen molar-refractivity contribution in [2.75, 3.05) is 37.2 Å². The zero-order chi connectivity index (χ0) is 45.7. The molecule has 0 aliphatic carbocycles. The van der Waals surface area contributed by atoms with Gasteiger partial charge in [-0.05, 0) is 117 Å². The summed E-state index contributed by atoms with van der Waals surface area (Å²) < 4.78 is 15.9. The second kappa shape index (κ2) is 18.8. The highest BCUT2D eigenvalue weighted by atomic mass is 16.5. The Hall–Kier alpha value is -8.33. The molecule has 15 heteroatoms. The number of para-hydroxylation sites is 2. The van der Waals surface area contributed by atoms with Crippen LogP contribution >= 0.6 is 0 Å². The normalized spacial score (nSPS) is 16.1. The number of carbonyl (C=O) groups excluding carboxylic acids is 3. The maximum Gasteiger partial charge on any atom is 0.248 e. The van der Waals surface area contributed by atoms with E-state index in [9.17, 15) is 14.4 Å². The van der Waals surface area contributed by atoms with Crippen molar-refractivity contribution in [1.82, 2.24) is 39.3 Å². The minimum atomic E-state index is -0.499. The number of nitrogens with one attached hydrogen (secondary N) is 1. The number of nitrogens with zero attached hydrogens (tertiary/aromatic N) is 8. The Balaban J connectivity index is 1.23. The number of hydrogen-bond donors (Lipinski definition) is 2. The lowest BCUT2D eigenvalue weighted by Gasteiger charge is -2.33. The Morgan fingerprint density at radius 3 is 1.68 bits per heavy atom. The van der Waals surface area contributed by atoms with Gasteiger partial charge in [0.15, 0.2) is 17.3 Å². The van der Waals surface area contributed by atoms with Gasteiger partial charge in [0.05, 0.1) is 28.7 Å². The van der Waals surface area contributed by atoms with Gasteiger partial charge in [0.2, 0.25) is 17.7 Å². The quantitative estimate of drug-likeness (QED) is 0.106. The van der Waals surface area contributed by atoms with Gasteiger partial charge in [0, 0.05) is 37.3 Å². The van der Waals surface area contributed by atoms with Gasteiger partial charge in [-0.25, -0.2) is 14.6 Å². The van der Waals surface area contributed by atoms with E-state index in [1.165, 1.54) is 18.2 Å². The van der Waals surface area contributed by atoms with Gasteiger partial charge < -0.3 is 30.3 Å². The van der Waals surface area contributed by atoms with E-state index in [4.69, 9.17) is 35.4 Å². The average molecular weight is 881 g/mol. The smallest absolute Gasteiger partial charge is 0.248 e. The fraction of sp³-hybridized carbons (Fsp3) is 0.196. The van der Waals surface area contributed by atoms with Crippen LogP contribution in [0.3, 0.4) is 0 Å². The fourth-order valence-electron chi connectivity index (χ4n) is 8.65. The molecule has 2 atom stereocenters. The lowest BCUT2D eigenvalue weighted by molar-refractivity contribution is -0.128. The summed E-state index contributed by atoms with van der Waals surface area (Å²) in [6.45, 7) is 13.0. The molecule has 9 rings (SSSR count). The van der Waals surface area contributed by atoms with Crippen LogP contribution in [0.25, 0.3) is 44.9 Å². The largest absolute Gasteiger partial charge is 0.457 e. The molecular formula is C51H48N10O5. The molecule has 3 amide bonds. The molecule has 0 saturated carbocycles. The first kappa shape index (κ1) is 42.9. The minimum Gasteiger partial charge on any atom is -0.457 e. The number of rotatable bonds is 13. The lowest BCUT2D eigenvalue weighted by atomic mass is 10.0. The van der Waals surface area contributed by atoms with Crippen LogP contribution in [-0.2, 0) is 14.4 Å². The van der Waals surface area contributed by atoms with Gasteiger partial charge in [-0.15, -0.1) is 0 Å². The Bertz CT molecular complexity index is 2950. The maximum atomic E-state index is 13.2. The third-order valence-corrected chi connectivity index (χ3v) is 11.8. The lowest BCUT2D eigenvalue weighted by Crippen LogP contribution is -2.40. The summed E-state index contributed by atoms with van der Waals surface area (Å²) >= 11 is 0. The number of likely N-dealkylation sites (tertiary alicyclic amines) is 2. The Morgan fingerprint density at radius 1 is 0.636 bits per heavy atom. The average Bonchev–Trinajstić information content (AvgIpc) is 3.94. The standard InChI is InChI=1S/C51H48N10O5/c1-4-41(62)53-50-45(47(60(57-50)35-15-13-29-58(31-35)42(63)5-2)34-23-27-40(28-24-34)66-38-19-11-8-12-20-38)49-54-48(52)44-46(33-21-25-39(26-22-33)65-37-17-9-7-10-18-37)56-61(51(44)55-49)36-16-14-30-59(32-36)43(64)6-3/h4-12,17-28,35-36H,1-3,13-16,29-32H2,(H2,52,54,55)(H,53,57,62)/t35-,36-/m1/s1. The molecule has 2 aliphatic rings. The summed E-state index contributed by atoms with van der Waals surface area (Å²) in [5.41, 5.74) is 10.5. The molecule has 4 aromatic carbocycles. The highest BCUT2D eigenvalue weighted by molar-refractivity contribution is 6.04. The van der Waals surface area contributed by atoms with Gasteiger partial charge >= 0.3 is 0 Å². The van der Waals surface area contributed by atoms with Crippen LogP contribution in [0.2, 0.25) is 0 Å². The number of ether oxygens (including phenoxy) is 2. The SMILES string of the molecule is C=CC(=O)Nc1nn([C@@H]2CCCN(C(=O)C=C)C2)c(-c2ccc(Oc3ccccc3)cc2)c1-c1nc(N)c2c(-c3ccc(Oc4ccccc4)cc3)nn([C@@H]3CCCN(C(=O)C=C)C3)c2n1. The van der Waals surface area contributed by atoms with E-state index in [2.05, 4.69) is 25.1 Å². The molecule has 3 aromatic heterocycles. The monoisotopic (exact) mass is 880 g/mol. The second-order valence-corrected chi connectivity index (χ2v) is 16.1. The third kappa shape index (κ3) is 8.78. The summed E-state index contributed by atoms with van der Waals surface area (Å²) in [5.74, 6) is 2.26. The van der Waals surface area contributed by atoms with Crippen molar-refractivity contribution >= 4 is 40.4 Å². The van der Waals surface area contributed by atoms with Crippen LogP contribution in [0.1, 0.15) is 37.8 Å². The Morgan fingerprint density at radius 2 is 1.15 bits per heavy atom. The molecule has 0 bridgehead atoms. The molecule has 15 nitrogen and oxygen atoms in total. The first-order valence-electron chi connectivity index (χ1n) is 21.8. The number of amides is 3. The van der Waals surface area contributed by atoms with E-state index in [0.717, 1.165) is 12.0 Å². The summed E-state index contributed by atoms with van der Waals surface area (Å²) in [6, 6.07) is 33.5.